The third kappa shape index (κ3) is 5.41. The van der Waals surface area contributed by atoms with Gasteiger partial charge >= 0.3 is 0 Å². The van der Waals surface area contributed by atoms with Crippen LogP contribution in [0.5, 0.6) is 17.2 Å². The van der Waals surface area contributed by atoms with E-state index in [4.69, 9.17) is 32.2 Å². The molecule has 0 aliphatic heterocycles. The van der Waals surface area contributed by atoms with E-state index < -0.39 is 0 Å². The number of benzene rings is 2. The van der Waals surface area contributed by atoms with Crippen LogP contribution in [-0.4, -0.2) is 24.8 Å². The number of hydrogen-bond donors (Lipinski definition) is 1. The van der Waals surface area contributed by atoms with Crippen molar-refractivity contribution < 1.29 is 14.2 Å². The fraction of sp³-hybridized carbons (Fsp3) is 0.235. The summed E-state index contributed by atoms with van der Waals surface area (Å²) in [5.74, 6) is 2.07. The lowest BCUT2D eigenvalue weighted by Gasteiger charge is -2.13. The highest BCUT2D eigenvalue weighted by Gasteiger charge is 2.08. The first-order valence-corrected chi connectivity index (χ1v) is 8.38. The maximum atomic E-state index is 5.73. The van der Waals surface area contributed by atoms with Gasteiger partial charge in [0, 0.05) is 10.0 Å². The van der Waals surface area contributed by atoms with Crippen LogP contribution in [0.25, 0.3) is 0 Å². The molecule has 0 amide bonds. The maximum Gasteiger partial charge on any atom is 0.161 e. The quantitative estimate of drug-likeness (QED) is 0.541. The van der Waals surface area contributed by atoms with Gasteiger partial charge in [0.1, 0.15) is 24.0 Å². The van der Waals surface area contributed by atoms with Gasteiger partial charge in [0.2, 0.25) is 0 Å². The minimum atomic E-state index is 0.330. The van der Waals surface area contributed by atoms with Crippen molar-refractivity contribution in [1.29, 1.82) is 0 Å². The van der Waals surface area contributed by atoms with Crippen LogP contribution < -0.4 is 19.9 Å². The second kappa shape index (κ2) is 8.74. The van der Waals surface area contributed by atoms with Crippen LogP contribution in [0, 0.1) is 0 Å². The number of hydrogen-bond acceptors (Lipinski definition) is 4. The van der Waals surface area contributed by atoms with E-state index in [1.54, 1.807) is 12.1 Å². The van der Waals surface area contributed by atoms with Crippen molar-refractivity contribution in [2.75, 3.05) is 19.8 Å². The highest BCUT2D eigenvalue weighted by Crippen LogP contribution is 2.28. The topological polar surface area (TPSA) is 53.7 Å². The molecule has 23 heavy (non-hydrogen) atoms. The lowest BCUT2D eigenvalue weighted by molar-refractivity contribution is 0.208. The summed E-state index contributed by atoms with van der Waals surface area (Å²) in [7, 11) is 0. The molecule has 0 fully saturated rings. The van der Waals surface area contributed by atoms with Gasteiger partial charge in [-0.15, -0.1) is 0 Å². The number of halogens is 1. The van der Waals surface area contributed by atoms with E-state index in [1.165, 1.54) is 0 Å². The Bertz CT molecular complexity index is 661. The molecular formula is C17H18BrNO3S. The van der Waals surface area contributed by atoms with E-state index in [9.17, 15) is 0 Å². The van der Waals surface area contributed by atoms with Crippen LogP contribution in [0.15, 0.2) is 46.9 Å². The zero-order valence-corrected chi connectivity index (χ0v) is 15.2. The molecule has 0 aliphatic carbocycles. The predicted octanol–water partition coefficient (Wildman–Crippen LogP) is 3.94. The molecule has 4 nitrogen and oxygen atoms in total. The molecule has 0 saturated carbocycles. The summed E-state index contributed by atoms with van der Waals surface area (Å²) < 4.78 is 17.9. The summed E-state index contributed by atoms with van der Waals surface area (Å²) in [6.45, 7) is 3.28. The summed E-state index contributed by atoms with van der Waals surface area (Å²) in [5.41, 5.74) is 6.39. The third-order valence-corrected chi connectivity index (χ3v) is 3.72. The molecule has 0 aromatic heterocycles. The molecule has 122 valence electrons. The standard InChI is InChI=1S/C17H18BrNO3S/c1-2-20-16-11-12(17(19)23)3-8-15(16)22-10-9-21-14-6-4-13(18)5-7-14/h3-8,11H,2,9-10H2,1H3,(H2,19,23). The molecule has 0 heterocycles. The van der Waals surface area contributed by atoms with Crippen LogP contribution in [0.3, 0.4) is 0 Å². The Morgan fingerprint density at radius 2 is 1.70 bits per heavy atom. The Kier molecular flexibility index (Phi) is 6.67. The SMILES string of the molecule is CCOc1cc(C(N)=S)ccc1OCCOc1ccc(Br)cc1. The summed E-state index contributed by atoms with van der Waals surface area (Å²) in [5, 5.41) is 0. The molecule has 6 heteroatoms. The van der Waals surface area contributed by atoms with E-state index in [2.05, 4.69) is 15.9 Å². The second-order valence-corrected chi connectivity index (χ2v) is 5.97. The van der Waals surface area contributed by atoms with E-state index in [0.29, 0.717) is 36.3 Å². The molecule has 0 spiro atoms. The van der Waals surface area contributed by atoms with Crippen LogP contribution in [0.4, 0.5) is 0 Å². The summed E-state index contributed by atoms with van der Waals surface area (Å²) in [4.78, 5) is 0.330. The molecular weight excluding hydrogens is 378 g/mol. The highest BCUT2D eigenvalue weighted by atomic mass is 79.9. The molecule has 2 aromatic carbocycles. The van der Waals surface area contributed by atoms with Crippen LogP contribution in [0.1, 0.15) is 12.5 Å². The Balaban J connectivity index is 1.91. The number of rotatable bonds is 8. The number of thiocarbonyl (C=S) groups is 1. The molecule has 2 rings (SSSR count). The van der Waals surface area contributed by atoms with Gasteiger partial charge < -0.3 is 19.9 Å². The fourth-order valence-corrected chi connectivity index (χ4v) is 2.28. The van der Waals surface area contributed by atoms with Crippen LogP contribution >= 0.6 is 28.1 Å². The average molecular weight is 396 g/mol. The maximum absolute atomic E-state index is 5.73. The number of nitrogens with two attached hydrogens (primary N) is 1. The van der Waals surface area contributed by atoms with Crippen molar-refractivity contribution in [3.63, 3.8) is 0 Å². The lowest BCUT2D eigenvalue weighted by Crippen LogP contribution is -2.12. The molecule has 0 saturated heterocycles. The Hall–Kier alpha value is -1.79. The van der Waals surface area contributed by atoms with Crippen LogP contribution in [0.2, 0.25) is 0 Å². The van der Waals surface area contributed by atoms with Crippen molar-refractivity contribution in [1.82, 2.24) is 0 Å². The summed E-state index contributed by atoms with van der Waals surface area (Å²) >= 11 is 8.36. The molecule has 2 N–H and O–H groups in total. The third-order valence-electron chi connectivity index (χ3n) is 2.95. The van der Waals surface area contributed by atoms with E-state index in [1.807, 2.05) is 37.3 Å². The molecule has 0 bridgehead atoms. The van der Waals surface area contributed by atoms with Gasteiger partial charge in [-0.3, -0.25) is 0 Å². The monoisotopic (exact) mass is 395 g/mol. The molecule has 2 aromatic rings. The first-order chi connectivity index (χ1) is 11.1. The Morgan fingerprint density at radius 3 is 2.35 bits per heavy atom. The van der Waals surface area contributed by atoms with Crippen molar-refractivity contribution in [2.45, 2.75) is 6.92 Å². The average Bonchev–Trinajstić information content (AvgIpc) is 2.54. The minimum absolute atomic E-state index is 0.330. The molecule has 0 atom stereocenters. The van der Waals surface area contributed by atoms with Crippen molar-refractivity contribution >= 4 is 33.1 Å². The minimum Gasteiger partial charge on any atom is -0.490 e. The smallest absolute Gasteiger partial charge is 0.161 e. The number of ether oxygens (including phenoxy) is 3. The van der Waals surface area contributed by atoms with Gasteiger partial charge in [0.25, 0.3) is 0 Å². The fourth-order valence-electron chi connectivity index (χ4n) is 1.89. The zero-order valence-electron chi connectivity index (χ0n) is 12.8. The van der Waals surface area contributed by atoms with Gasteiger partial charge in [-0.1, -0.05) is 28.1 Å². The Labute approximate surface area is 149 Å². The largest absolute Gasteiger partial charge is 0.490 e. The first kappa shape index (κ1) is 17.6. The second-order valence-electron chi connectivity index (χ2n) is 4.61. The van der Waals surface area contributed by atoms with Crippen molar-refractivity contribution in [3.05, 3.63) is 52.5 Å². The molecule has 0 radical (unpaired) electrons. The highest BCUT2D eigenvalue weighted by molar-refractivity contribution is 9.10. The normalized spacial score (nSPS) is 10.2. The van der Waals surface area contributed by atoms with Crippen molar-refractivity contribution in [3.8, 4) is 17.2 Å². The first-order valence-electron chi connectivity index (χ1n) is 7.18. The zero-order chi connectivity index (χ0) is 16.7. The van der Waals surface area contributed by atoms with Gasteiger partial charge in [0.05, 0.1) is 6.61 Å². The predicted molar refractivity (Wildman–Crippen MR) is 98.6 cm³/mol. The van der Waals surface area contributed by atoms with E-state index in [0.717, 1.165) is 15.8 Å². The van der Waals surface area contributed by atoms with Gasteiger partial charge in [-0.05, 0) is 49.4 Å². The summed E-state index contributed by atoms with van der Waals surface area (Å²) in [6.07, 6.45) is 0. The van der Waals surface area contributed by atoms with Gasteiger partial charge in [-0.2, -0.15) is 0 Å². The molecule has 0 unspecified atom stereocenters. The summed E-state index contributed by atoms with van der Waals surface area (Å²) in [6, 6.07) is 13.1. The van der Waals surface area contributed by atoms with E-state index in [-0.39, 0.29) is 0 Å². The van der Waals surface area contributed by atoms with E-state index >= 15 is 0 Å². The van der Waals surface area contributed by atoms with Gasteiger partial charge in [0.15, 0.2) is 11.5 Å². The van der Waals surface area contributed by atoms with Crippen LogP contribution in [-0.2, 0) is 0 Å². The Morgan fingerprint density at radius 1 is 1.00 bits per heavy atom. The lowest BCUT2D eigenvalue weighted by atomic mass is 10.2. The molecule has 0 aliphatic rings. The van der Waals surface area contributed by atoms with Crippen molar-refractivity contribution in [2.24, 2.45) is 5.73 Å². The van der Waals surface area contributed by atoms with Gasteiger partial charge in [-0.25, -0.2) is 0 Å².